The second-order valence-corrected chi connectivity index (χ2v) is 7.68. The fourth-order valence-electron chi connectivity index (χ4n) is 3.85. The molecule has 0 aromatic carbocycles. The summed E-state index contributed by atoms with van der Waals surface area (Å²) in [5, 5.41) is 12.3. The number of pyridine rings is 1. The maximum atomic E-state index is 13.5. The van der Waals surface area contributed by atoms with Crippen LogP contribution in [0.15, 0.2) is 35.1 Å². The van der Waals surface area contributed by atoms with Crippen LogP contribution in [0.5, 0.6) is 0 Å². The lowest BCUT2D eigenvalue weighted by Gasteiger charge is -2.32. The largest absolute Gasteiger partial charge is 0.417 e. The van der Waals surface area contributed by atoms with Gasteiger partial charge in [-0.2, -0.15) is 5.10 Å². The summed E-state index contributed by atoms with van der Waals surface area (Å²) in [6.45, 7) is 4.13. The summed E-state index contributed by atoms with van der Waals surface area (Å²) in [7, 11) is 0. The smallest absolute Gasteiger partial charge is 0.312 e. The number of alkyl halides is 2. The molecule has 0 aliphatic carbocycles. The quantitative estimate of drug-likeness (QED) is 0.536. The van der Waals surface area contributed by atoms with Crippen LogP contribution in [0.25, 0.3) is 5.52 Å². The Morgan fingerprint density at radius 3 is 2.90 bits per heavy atom. The van der Waals surface area contributed by atoms with Crippen molar-refractivity contribution in [2.24, 2.45) is 0 Å². The minimum atomic E-state index is -2.65. The highest BCUT2D eigenvalue weighted by atomic mass is 19.3. The van der Waals surface area contributed by atoms with Gasteiger partial charge < -0.3 is 14.3 Å². The van der Waals surface area contributed by atoms with E-state index >= 15 is 0 Å². The molecule has 4 aromatic heterocycles. The highest BCUT2D eigenvalue weighted by molar-refractivity contribution is 5.90. The molecule has 0 saturated carbocycles. The predicted octanol–water partition coefficient (Wildman–Crippen LogP) is 3.29. The van der Waals surface area contributed by atoms with Gasteiger partial charge in [-0.1, -0.05) is 13.8 Å². The maximum absolute atomic E-state index is 13.5. The molecule has 0 fully saturated rings. The molecule has 11 heteroatoms. The second kappa shape index (κ2) is 7.25. The van der Waals surface area contributed by atoms with Crippen molar-refractivity contribution in [3.05, 3.63) is 65.1 Å². The van der Waals surface area contributed by atoms with E-state index < -0.39 is 18.4 Å². The summed E-state index contributed by atoms with van der Waals surface area (Å²) in [6.07, 6.45) is 1.05. The summed E-state index contributed by atoms with van der Waals surface area (Å²) in [4.78, 5) is 22.3. The van der Waals surface area contributed by atoms with Crippen LogP contribution in [0.1, 0.15) is 71.5 Å². The van der Waals surface area contributed by atoms with E-state index in [9.17, 15) is 13.6 Å². The molecule has 31 heavy (non-hydrogen) atoms. The summed E-state index contributed by atoms with van der Waals surface area (Å²) < 4.78 is 33.9. The molecule has 9 nitrogen and oxygen atoms in total. The van der Waals surface area contributed by atoms with Crippen molar-refractivity contribution >= 4 is 11.4 Å². The number of halogens is 2. The number of amides is 1. The van der Waals surface area contributed by atoms with E-state index in [1.165, 1.54) is 16.6 Å². The number of carbonyl (C=O) groups is 1. The highest BCUT2D eigenvalue weighted by Gasteiger charge is 2.38. The Hall–Kier alpha value is -3.63. The van der Waals surface area contributed by atoms with Crippen molar-refractivity contribution in [2.45, 2.75) is 38.7 Å². The first-order valence-electron chi connectivity index (χ1n) is 9.87. The van der Waals surface area contributed by atoms with Crippen LogP contribution in [-0.4, -0.2) is 47.1 Å². The van der Waals surface area contributed by atoms with E-state index in [0.29, 0.717) is 30.2 Å². The first-order chi connectivity index (χ1) is 14.9. The zero-order chi connectivity index (χ0) is 21.7. The second-order valence-electron chi connectivity index (χ2n) is 7.68. The zero-order valence-electron chi connectivity index (χ0n) is 16.8. The monoisotopic (exact) mass is 427 g/mol. The molecule has 4 aromatic rings. The molecule has 1 unspecified atom stereocenters. The zero-order valence-corrected chi connectivity index (χ0v) is 16.8. The van der Waals surface area contributed by atoms with E-state index in [-0.39, 0.29) is 22.9 Å². The van der Waals surface area contributed by atoms with Crippen molar-refractivity contribution in [3.63, 3.8) is 0 Å². The lowest BCUT2D eigenvalue weighted by atomic mass is 9.99. The number of H-pyrrole nitrogens is 1. The fourth-order valence-corrected chi connectivity index (χ4v) is 3.85. The van der Waals surface area contributed by atoms with Gasteiger partial charge in [0.1, 0.15) is 6.04 Å². The molecule has 0 bridgehead atoms. The third-order valence-electron chi connectivity index (χ3n) is 5.37. The van der Waals surface area contributed by atoms with Crippen molar-refractivity contribution < 1.29 is 18.0 Å². The minimum Gasteiger partial charge on any atom is -0.417 e. The van der Waals surface area contributed by atoms with Gasteiger partial charge in [0.05, 0.1) is 23.2 Å². The lowest BCUT2D eigenvalue weighted by Crippen LogP contribution is -2.41. The van der Waals surface area contributed by atoms with E-state index in [1.54, 1.807) is 23.5 Å². The summed E-state index contributed by atoms with van der Waals surface area (Å²) >= 11 is 0. The lowest BCUT2D eigenvalue weighted by molar-refractivity contribution is 0.0643. The molecular weight excluding hydrogens is 408 g/mol. The number of nitrogens with zero attached hydrogens (tertiary/aromatic N) is 6. The summed E-state index contributed by atoms with van der Waals surface area (Å²) in [5.41, 5.74) is 2.06. The Balaban J connectivity index is 1.60. The fraction of sp³-hybridized carbons (Fsp3) is 0.350. The normalized spacial score (nSPS) is 16.5. The molecule has 0 saturated heterocycles. The van der Waals surface area contributed by atoms with Gasteiger partial charge in [0.2, 0.25) is 5.89 Å². The third kappa shape index (κ3) is 3.16. The SMILES string of the molecule is CC(C)c1nnc(C(=O)N2CCc3[nH]cnc3C2c2cc3c(C(F)F)cccn3n2)o1. The predicted molar refractivity (Wildman–Crippen MR) is 104 cm³/mol. The number of nitrogens with one attached hydrogen (secondary N) is 1. The van der Waals surface area contributed by atoms with Crippen LogP contribution in [0.2, 0.25) is 0 Å². The van der Waals surface area contributed by atoms with Gasteiger partial charge in [-0.15, -0.1) is 10.2 Å². The number of aromatic amines is 1. The van der Waals surface area contributed by atoms with Crippen molar-refractivity contribution in [2.75, 3.05) is 6.54 Å². The molecule has 1 amide bonds. The van der Waals surface area contributed by atoms with E-state index in [0.717, 1.165) is 5.69 Å². The van der Waals surface area contributed by atoms with Gasteiger partial charge in [-0.25, -0.2) is 18.3 Å². The van der Waals surface area contributed by atoms with Gasteiger partial charge in [0, 0.05) is 36.3 Å². The first kappa shape index (κ1) is 19.3. The molecule has 5 rings (SSSR count). The topological polar surface area (TPSA) is 105 Å². The van der Waals surface area contributed by atoms with Crippen molar-refractivity contribution in [3.8, 4) is 0 Å². The Bertz CT molecular complexity index is 1260. The van der Waals surface area contributed by atoms with Crippen molar-refractivity contribution in [1.82, 2.24) is 34.7 Å². The molecule has 0 spiro atoms. The molecule has 1 aliphatic heterocycles. The Kier molecular flexibility index (Phi) is 4.53. The van der Waals surface area contributed by atoms with Gasteiger partial charge in [-0.3, -0.25) is 4.79 Å². The van der Waals surface area contributed by atoms with Gasteiger partial charge in [0.15, 0.2) is 0 Å². The molecule has 1 N–H and O–H groups in total. The van der Waals surface area contributed by atoms with Gasteiger partial charge >= 0.3 is 11.8 Å². The summed E-state index contributed by atoms with van der Waals surface area (Å²) in [6, 6.07) is 3.77. The van der Waals surface area contributed by atoms with Crippen LogP contribution >= 0.6 is 0 Å². The average Bonchev–Trinajstić information content (AvgIpc) is 3.50. The molecule has 1 aliphatic rings. The summed E-state index contributed by atoms with van der Waals surface area (Å²) in [5.74, 6) is -0.226. The Morgan fingerprint density at radius 1 is 1.32 bits per heavy atom. The number of carbonyl (C=O) groups excluding carboxylic acids is 1. The van der Waals surface area contributed by atoms with E-state index in [4.69, 9.17) is 4.42 Å². The number of fused-ring (bicyclic) bond motifs is 2. The van der Waals surface area contributed by atoms with Crippen LogP contribution in [0.4, 0.5) is 8.78 Å². The highest BCUT2D eigenvalue weighted by Crippen LogP contribution is 2.35. The van der Waals surface area contributed by atoms with Crippen LogP contribution in [0.3, 0.4) is 0 Å². The van der Waals surface area contributed by atoms with Gasteiger partial charge in [0.25, 0.3) is 6.43 Å². The van der Waals surface area contributed by atoms with Crippen LogP contribution < -0.4 is 0 Å². The number of aromatic nitrogens is 6. The molecular formula is C20H19F2N7O2. The van der Waals surface area contributed by atoms with E-state index in [1.807, 2.05) is 13.8 Å². The minimum absolute atomic E-state index is 0.0182. The number of hydrogen-bond acceptors (Lipinski definition) is 6. The van der Waals surface area contributed by atoms with Crippen molar-refractivity contribution in [1.29, 1.82) is 0 Å². The Labute approximate surface area is 175 Å². The number of imidazole rings is 1. The Morgan fingerprint density at radius 2 is 2.16 bits per heavy atom. The molecule has 160 valence electrons. The first-order valence-corrected chi connectivity index (χ1v) is 9.87. The number of hydrogen-bond donors (Lipinski definition) is 1. The van der Waals surface area contributed by atoms with Crippen LogP contribution in [0, 0.1) is 0 Å². The van der Waals surface area contributed by atoms with Gasteiger partial charge in [-0.05, 0) is 18.2 Å². The van der Waals surface area contributed by atoms with Crippen LogP contribution in [-0.2, 0) is 6.42 Å². The third-order valence-corrected chi connectivity index (χ3v) is 5.37. The molecule has 5 heterocycles. The standard InChI is InChI=1S/C20H19F2N7O2/c1-10(2)18-25-26-19(31-18)20(30)28-7-5-12-15(24-9-23-12)16(28)13-8-14-11(17(21)22)4-3-6-29(14)27-13/h3-4,6,8-10,16-17H,5,7H2,1-2H3,(H,23,24). The number of rotatable bonds is 4. The maximum Gasteiger partial charge on any atom is 0.312 e. The molecule has 0 radical (unpaired) electrons. The molecule has 1 atom stereocenters. The van der Waals surface area contributed by atoms with E-state index in [2.05, 4.69) is 25.3 Å². The average molecular weight is 427 g/mol.